The van der Waals surface area contributed by atoms with Gasteiger partial charge in [-0.05, 0) is 32.9 Å². The minimum Gasteiger partial charge on any atom is -0.328 e. The molecular weight excluding hydrogens is 214 g/mol. The number of anilines is 1. The molecule has 17 heavy (non-hydrogen) atoms. The second-order valence-electron chi connectivity index (χ2n) is 4.56. The molecule has 3 N–H and O–H groups in total. The van der Waals surface area contributed by atoms with E-state index < -0.39 is 0 Å². The number of carbonyl (C=O) groups is 1. The van der Waals surface area contributed by atoms with Crippen molar-refractivity contribution in [1.29, 1.82) is 0 Å². The van der Waals surface area contributed by atoms with Crippen LogP contribution in [0.2, 0.25) is 0 Å². The van der Waals surface area contributed by atoms with Gasteiger partial charge < -0.3 is 16.0 Å². The van der Waals surface area contributed by atoms with Crippen LogP contribution in [-0.2, 0) is 0 Å². The molecule has 2 amide bonds. The summed E-state index contributed by atoms with van der Waals surface area (Å²) in [6, 6.07) is 9.30. The summed E-state index contributed by atoms with van der Waals surface area (Å²) in [6.45, 7) is 6.93. The Labute approximate surface area is 103 Å². The van der Waals surface area contributed by atoms with Gasteiger partial charge in [0.15, 0.2) is 0 Å². The molecule has 0 spiro atoms. The van der Waals surface area contributed by atoms with Gasteiger partial charge in [-0.1, -0.05) is 18.2 Å². The van der Waals surface area contributed by atoms with Crippen LogP contribution < -0.4 is 11.1 Å². The first-order chi connectivity index (χ1) is 8.01. The van der Waals surface area contributed by atoms with Gasteiger partial charge in [-0.15, -0.1) is 0 Å². The van der Waals surface area contributed by atoms with Crippen molar-refractivity contribution in [1.82, 2.24) is 4.90 Å². The summed E-state index contributed by atoms with van der Waals surface area (Å²) in [5.74, 6) is 0. The maximum Gasteiger partial charge on any atom is 0.322 e. The number of benzene rings is 1. The minimum atomic E-state index is -0.340. The Morgan fingerprint density at radius 3 is 2.41 bits per heavy atom. The highest BCUT2D eigenvalue weighted by atomic mass is 16.2. The van der Waals surface area contributed by atoms with Gasteiger partial charge >= 0.3 is 6.03 Å². The van der Waals surface area contributed by atoms with Gasteiger partial charge in [0.1, 0.15) is 0 Å². The zero-order valence-corrected chi connectivity index (χ0v) is 10.7. The summed E-state index contributed by atoms with van der Waals surface area (Å²) >= 11 is 0. The van der Waals surface area contributed by atoms with Crippen LogP contribution in [0.25, 0.3) is 0 Å². The molecule has 1 aromatic carbocycles. The van der Waals surface area contributed by atoms with Gasteiger partial charge in [-0.3, -0.25) is 0 Å². The van der Waals surface area contributed by atoms with Gasteiger partial charge in [0, 0.05) is 18.8 Å². The van der Waals surface area contributed by atoms with Crippen LogP contribution in [0.4, 0.5) is 10.5 Å². The second kappa shape index (κ2) is 5.68. The second-order valence-corrected chi connectivity index (χ2v) is 4.56. The molecule has 1 aromatic rings. The van der Waals surface area contributed by atoms with Gasteiger partial charge in [0.25, 0.3) is 0 Å². The van der Waals surface area contributed by atoms with Crippen molar-refractivity contribution in [2.24, 2.45) is 5.73 Å². The van der Waals surface area contributed by atoms with E-state index >= 15 is 0 Å². The number of rotatable bonds is 4. The number of para-hydroxylation sites is 1. The van der Waals surface area contributed by atoms with Gasteiger partial charge in [0.05, 0.1) is 5.54 Å². The van der Waals surface area contributed by atoms with Crippen molar-refractivity contribution in [3.63, 3.8) is 0 Å². The monoisotopic (exact) mass is 235 g/mol. The smallest absolute Gasteiger partial charge is 0.322 e. The number of nitrogens with zero attached hydrogens (tertiary/aromatic N) is 1. The normalized spacial score (nSPS) is 11.1. The van der Waals surface area contributed by atoms with E-state index in [4.69, 9.17) is 5.73 Å². The van der Waals surface area contributed by atoms with E-state index in [0.717, 1.165) is 5.69 Å². The highest BCUT2D eigenvalue weighted by Crippen LogP contribution is 2.15. The summed E-state index contributed by atoms with van der Waals surface area (Å²) in [6.07, 6.45) is 0. The Hall–Kier alpha value is -1.55. The van der Waals surface area contributed by atoms with Crippen molar-refractivity contribution in [2.75, 3.05) is 18.4 Å². The lowest BCUT2D eigenvalue weighted by Gasteiger charge is -2.36. The van der Waals surface area contributed by atoms with E-state index in [9.17, 15) is 4.79 Å². The van der Waals surface area contributed by atoms with Crippen LogP contribution in [-0.4, -0.2) is 29.6 Å². The average Bonchev–Trinajstić information content (AvgIpc) is 2.30. The summed E-state index contributed by atoms with van der Waals surface area (Å²) in [5, 5.41) is 2.86. The number of urea groups is 1. The predicted molar refractivity (Wildman–Crippen MR) is 71.0 cm³/mol. The molecule has 1 rings (SSSR count). The maximum absolute atomic E-state index is 12.1. The molecule has 0 atom stereocenters. The van der Waals surface area contributed by atoms with Crippen LogP contribution in [0.5, 0.6) is 0 Å². The summed E-state index contributed by atoms with van der Waals surface area (Å²) in [5.41, 5.74) is 6.15. The third-order valence-corrected chi connectivity index (χ3v) is 2.82. The van der Waals surface area contributed by atoms with Crippen LogP contribution >= 0.6 is 0 Å². The number of carbonyl (C=O) groups excluding carboxylic acids is 1. The number of likely N-dealkylation sites (N-methyl/N-ethyl adjacent to an activating group) is 1. The Bertz CT molecular complexity index is 362. The fraction of sp³-hybridized carbons (Fsp3) is 0.462. The highest BCUT2D eigenvalue weighted by molar-refractivity contribution is 5.89. The topological polar surface area (TPSA) is 58.4 Å². The lowest BCUT2D eigenvalue weighted by atomic mass is 10.0. The summed E-state index contributed by atoms with van der Waals surface area (Å²) < 4.78 is 0. The molecule has 0 bridgehead atoms. The maximum atomic E-state index is 12.1. The number of nitrogens with two attached hydrogens (primary N) is 1. The van der Waals surface area contributed by atoms with Crippen LogP contribution in [0.1, 0.15) is 20.8 Å². The van der Waals surface area contributed by atoms with E-state index in [1.165, 1.54) is 0 Å². The van der Waals surface area contributed by atoms with E-state index in [1.807, 2.05) is 51.1 Å². The molecule has 4 nitrogen and oxygen atoms in total. The van der Waals surface area contributed by atoms with E-state index in [0.29, 0.717) is 13.1 Å². The van der Waals surface area contributed by atoms with Crippen molar-refractivity contribution in [3.8, 4) is 0 Å². The van der Waals surface area contributed by atoms with E-state index in [1.54, 1.807) is 4.90 Å². The Kier molecular flexibility index (Phi) is 4.52. The first kappa shape index (κ1) is 13.5. The first-order valence-corrected chi connectivity index (χ1v) is 5.85. The summed E-state index contributed by atoms with van der Waals surface area (Å²) in [4.78, 5) is 13.8. The highest BCUT2D eigenvalue weighted by Gasteiger charge is 2.28. The van der Waals surface area contributed by atoms with E-state index in [-0.39, 0.29) is 11.6 Å². The Morgan fingerprint density at radius 1 is 1.35 bits per heavy atom. The molecule has 4 heteroatoms. The number of amides is 2. The van der Waals surface area contributed by atoms with Crippen LogP contribution in [0.15, 0.2) is 30.3 Å². The zero-order valence-electron chi connectivity index (χ0n) is 10.7. The molecule has 0 aliphatic heterocycles. The summed E-state index contributed by atoms with van der Waals surface area (Å²) in [7, 11) is 0. The molecule has 0 saturated carbocycles. The van der Waals surface area contributed by atoms with Gasteiger partial charge in [-0.2, -0.15) is 0 Å². The molecule has 94 valence electrons. The SMILES string of the molecule is CCN(C(=O)Nc1ccccc1)C(C)(C)CN. The molecule has 0 aromatic heterocycles. The van der Waals surface area contributed by atoms with Crippen molar-refractivity contribution in [3.05, 3.63) is 30.3 Å². The molecule has 0 fully saturated rings. The quantitative estimate of drug-likeness (QED) is 0.841. The Balaban J connectivity index is 2.75. The van der Waals surface area contributed by atoms with Gasteiger partial charge in [-0.25, -0.2) is 4.79 Å². The third-order valence-electron chi connectivity index (χ3n) is 2.82. The van der Waals surface area contributed by atoms with Crippen molar-refractivity contribution < 1.29 is 4.79 Å². The largest absolute Gasteiger partial charge is 0.328 e. The zero-order chi connectivity index (χ0) is 12.9. The molecule has 0 heterocycles. The van der Waals surface area contributed by atoms with Crippen LogP contribution in [0.3, 0.4) is 0 Å². The number of hydrogen-bond acceptors (Lipinski definition) is 2. The third kappa shape index (κ3) is 3.46. The average molecular weight is 235 g/mol. The lowest BCUT2D eigenvalue weighted by Crippen LogP contribution is -2.53. The number of hydrogen-bond donors (Lipinski definition) is 2. The number of nitrogens with one attached hydrogen (secondary N) is 1. The predicted octanol–water partition coefficient (Wildman–Crippen LogP) is 2.28. The van der Waals surface area contributed by atoms with E-state index in [2.05, 4.69) is 5.32 Å². The molecule has 0 saturated heterocycles. The Morgan fingerprint density at radius 2 is 1.94 bits per heavy atom. The van der Waals surface area contributed by atoms with Crippen molar-refractivity contribution in [2.45, 2.75) is 26.3 Å². The first-order valence-electron chi connectivity index (χ1n) is 5.85. The fourth-order valence-corrected chi connectivity index (χ4v) is 1.67. The van der Waals surface area contributed by atoms with Gasteiger partial charge in [0.2, 0.25) is 0 Å². The lowest BCUT2D eigenvalue weighted by molar-refractivity contribution is 0.155. The molecule has 0 aliphatic rings. The minimum absolute atomic E-state index is 0.117. The van der Waals surface area contributed by atoms with Crippen LogP contribution in [0, 0.1) is 0 Å². The van der Waals surface area contributed by atoms with Crippen molar-refractivity contribution >= 4 is 11.7 Å². The molecule has 0 aliphatic carbocycles. The standard InChI is InChI=1S/C13H21N3O/c1-4-16(13(2,3)10-14)12(17)15-11-8-6-5-7-9-11/h5-9H,4,10,14H2,1-3H3,(H,15,17). The molecule has 0 radical (unpaired) electrons. The molecular formula is C13H21N3O. The fourth-order valence-electron chi connectivity index (χ4n) is 1.67. The molecule has 0 unspecified atom stereocenters.